The van der Waals surface area contributed by atoms with Crippen LogP contribution in [-0.2, 0) is 6.54 Å². The third kappa shape index (κ3) is 7.15. The Kier molecular flexibility index (Phi) is 7.96. The lowest BCUT2D eigenvalue weighted by atomic mass is 10.2. The molecule has 1 aliphatic heterocycles. The Morgan fingerprint density at radius 2 is 1.78 bits per heavy atom. The smallest absolute Gasteiger partial charge is 0.191 e. The second-order valence-electron chi connectivity index (χ2n) is 8.03. The molecule has 150 valence electrons. The highest BCUT2D eigenvalue weighted by Crippen LogP contribution is 2.28. The summed E-state index contributed by atoms with van der Waals surface area (Å²) >= 11 is 0. The molecule has 1 saturated heterocycles. The molecule has 0 spiro atoms. The Labute approximate surface area is 165 Å². The predicted molar refractivity (Wildman–Crippen MR) is 114 cm³/mol. The van der Waals surface area contributed by atoms with Crippen LogP contribution < -0.4 is 10.6 Å². The van der Waals surface area contributed by atoms with Crippen LogP contribution in [0.4, 0.5) is 0 Å². The van der Waals surface area contributed by atoms with E-state index in [0.717, 1.165) is 31.5 Å². The molecule has 1 heterocycles. The molecule has 5 heteroatoms. The topological polar surface area (TPSA) is 42.9 Å². The van der Waals surface area contributed by atoms with Gasteiger partial charge in [0.2, 0.25) is 0 Å². The van der Waals surface area contributed by atoms with Gasteiger partial charge in [0.15, 0.2) is 5.96 Å². The van der Waals surface area contributed by atoms with Gasteiger partial charge in [0.25, 0.3) is 0 Å². The number of nitrogens with zero attached hydrogens (tertiary/aromatic N) is 3. The third-order valence-electron chi connectivity index (χ3n) is 5.64. The summed E-state index contributed by atoms with van der Waals surface area (Å²) in [5, 5.41) is 6.89. The minimum atomic E-state index is 0.634. The Balaban J connectivity index is 1.27. The highest BCUT2D eigenvalue weighted by Gasteiger charge is 2.33. The van der Waals surface area contributed by atoms with Gasteiger partial charge in [0.1, 0.15) is 0 Å². The lowest BCUT2D eigenvalue weighted by Crippen LogP contribution is -2.46. The third-order valence-corrected chi connectivity index (χ3v) is 5.64. The van der Waals surface area contributed by atoms with Gasteiger partial charge in [-0.15, -0.1) is 0 Å². The molecule has 1 aliphatic carbocycles. The first-order chi connectivity index (χ1) is 13.2. The first-order valence-corrected chi connectivity index (χ1v) is 10.8. The average Bonchev–Trinajstić information content (AvgIpc) is 3.38. The van der Waals surface area contributed by atoms with E-state index in [4.69, 9.17) is 4.99 Å². The van der Waals surface area contributed by atoms with Crippen LogP contribution in [0.1, 0.15) is 38.7 Å². The first kappa shape index (κ1) is 20.2. The molecule has 2 fully saturated rings. The molecule has 5 nitrogen and oxygen atoms in total. The highest BCUT2D eigenvalue weighted by atomic mass is 15.3. The maximum atomic E-state index is 4.74. The van der Waals surface area contributed by atoms with Gasteiger partial charge in [-0.2, -0.15) is 0 Å². The van der Waals surface area contributed by atoms with Crippen LogP contribution in [0, 0.1) is 5.92 Å². The Hall–Kier alpha value is -1.59. The number of rotatable bonds is 9. The summed E-state index contributed by atoms with van der Waals surface area (Å²) in [6.45, 7) is 13.3. The van der Waals surface area contributed by atoms with Crippen LogP contribution in [0.5, 0.6) is 0 Å². The van der Waals surface area contributed by atoms with Crippen molar-refractivity contribution in [2.45, 2.75) is 45.7 Å². The van der Waals surface area contributed by atoms with Crippen molar-refractivity contribution in [1.82, 2.24) is 20.4 Å². The number of hydrogen-bond donors (Lipinski definition) is 2. The Bertz CT molecular complexity index is 565. The second-order valence-corrected chi connectivity index (χ2v) is 8.03. The lowest BCUT2D eigenvalue weighted by molar-refractivity contribution is 0.126. The molecule has 2 unspecified atom stereocenters. The Morgan fingerprint density at radius 1 is 1.07 bits per heavy atom. The van der Waals surface area contributed by atoms with Crippen LogP contribution in [0.15, 0.2) is 35.3 Å². The molecule has 0 amide bonds. The van der Waals surface area contributed by atoms with Gasteiger partial charge in [-0.25, -0.2) is 0 Å². The number of aliphatic imine (C=N–C) groups is 1. The van der Waals surface area contributed by atoms with Crippen molar-refractivity contribution in [2.75, 3.05) is 45.8 Å². The monoisotopic (exact) mass is 371 g/mol. The van der Waals surface area contributed by atoms with E-state index < -0.39 is 0 Å². The molecule has 1 aromatic carbocycles. The number of hydrogen-bond acceptors (Lipinski definition) is 3. The van der Waals surface area contributed by atoms with Crippen molar-refractivity contribution in [1.29, 1.82) is 0 Å². The molecule has 2 atom stereocenters. The first-order valence-electron chi connectivity index (χ1n) is 10.8. The SMILES string of the molecule is CCNC(=NCCCCN1CCN(Cc2ccccc2)CC1)NC1CC1C. The van der Waals surface area contributed by atoms with Crippen LogP contribution in [0.25, 0.3) is 0 Å². The minimum Gasteiger partial charge on any atom is -0.357 e. The van der Waals surface area contributed by atoms with Crippen LogP contribution in [-0.4, -0.2) is 67.6 Å². The molecule has 0 aromatic heterocycles. The summed E-state index contributed by atoms with van der Waals surface area (Å²) in [5.41, 5.74) is 1.43. The average molecular weight is 372 g/mol. The molecular formula is C22H37N5. The van der Waals surface area contributed by atoms with Gasteiger partial charge in [-0.1, -0.05) is 37.3 Å². The van der Waals surface area contributed by atoms with E-state index in [2.05, 4.69) is 64.6 Å². The second kappa shape index (κ2) is 10.7. The van der Waals surface area contributed by atoms with Crippen molar-refractivity contribution in [3.05, 3.63) is 35.9 Å². The fraction of sp³-hybridized carbons (Fsp3) is 0.682. The van der Waals surface area contributed by atoms with E-state index in [1.165, 1.54) is 57.5 Å². The quantitative estimate of drug-likeness (QED) is 0.398. The fourth-order valence-corrected chi connectivity index (χ4v) is 3.67. The molecule has 2 aliphatic rings. The molecule has 1 aromatic rings. The maximum absolute atomic E-state index is 4.74. The van der Waals surface area contributed by atoms with E-state index in [1.54, 1.807) is 0 Å². The van der Waals surface area contributed by atoms with Crippen molar-refractivity contribution < 1.29 is 0 Å². The van der Waals surface area contributed by atoms with Crippen molar-refractivity contribution in [2.24, 2.45) is 10.9 Å². The molecular weight excluding hydrogens is 334 g/mol. The zero-order chi connectivity index (χ0) is 18.9. The van der Waals surface area contributed by atoms with Crippen LogP contribution in [0.3, 0.4) is 0 Å². The predicted octanol–water partition coefficient (Wildman–Crippen LogP) is 2.55. The van der Waals surface area contributed by atoms with E-state index in [0.29, 0.717) is 6.04 Å². The number of nitrogens with one attached hydrogen (secondary N) is 2. The lowest BCUT2D eigenvalue weighted by Gasteiger charge is -2.34. The highest BCUT2D eigenvalue weighted by molar-refractivity contribution is 5.80. The molecule has 2 N–H and O–H groups in total. The van der Waals surface area contributed by atoms with Gasteiger partial charge < -0.3 is 15.5 Å². The summed E-state index contributed by atoms with van der Waals surface area (Å²) in [4.78, 5) is 9.92. The van der Waals surface area contributed by atoms with E-state index in [-0.39, 0.29) is 0 Å². The number of unbranched alkanes of at least 4 members (excludes halogenated alkanes) is 1. The standard InChI is InChI=1S/C22H37N5/c1-3-23-22(25-21-17-19(21)2)24-11-7-8-12-26-13-15-27(16-14-26)18-20-9-5-4-6-10-20/h4-6,9-10,19,21H,3,7-8,11-18H2,1-2H3,(H2,23,24,25). The Morgan fingerprint density at radius 3 is 2.44 bits per heavy atom. The molecule has 3 rings (SSSR count). The summed E-state index contributed by atoms with van der Waals surface area (Å²) in [5.74, 6) is 1.80. The van der Waals surface area contributed by atoms with E-state index >= 15 is 0 Å². The van der Waals surface area contributed by atoms with Crippen molar-refractivity contribution >= 4 is 5.96 Å². The zero-order valence-electron chi connectivity index (χ0n) is 17.2. The summed E-state index contributed by atoms with van der Waals surface area (Å²) < 4.78 is 0. The fourth-order valence-electron chi connectivity index (χ4n) is 3.67. The molecule has 27 heavy (non-hydrogen) atoms. The summed E-state index contributed by atoms with van der Waals surface area (Å²) in [7, 11) is 0. The van der Waals surface area contributed by atoms with Crippen LogP contribution >= 0.6 is 0 Å². The van der Waals surface area contributed by atoms with Gasteiger partial charge in [-0.3, -0.25) is 9.89 Å². The molecule has 0 radical (unpaired) electrons. The van der Waals surface area contributed by atoms with E-state index in [9.17, 15) is 0 Å². The van der Waals surface area contributed by atoms with Gasteiger partial charge in [0.05, 0.1) is 0 Å². The van der Waals surface area contributed by atoms with E-state index in [1.807, 2.05) is 0 Å². The van der Waals surface area contributed by atoms with Gasteiger partial charge in [0, 0.05) is 51.9 Å². The summed E-state index contributed by atoms with van der Waals surface area (Å²) in [6.07, 6.45) is 3.68. The number of piperazine rings is 1. The molecule has 0 bridgehead atoms. The number of benzene rings is 1. The van der Waals surface area contributed by atoms with Crippen molar-refractivity contribution in [3.8, 4) is 0 Å². The van der Waals surface area contributed by atoms with Crippen LogP contribution in [0.2, 0.25) is 0 Å². The zero-order valence-corrected chi connectivity index (χ0v) is 17.2. The van der Waals surface area contributed by atoms with Gasteiger partial charge >= 0.3 is 0 Å². The largest absolute Gasteiger partial charge is 0.357 e. The maximum Gasteiger partial charge on any atom is 0.191 e. The van der Waals surface area contributed by atoms with Crippen molar-refractivity contribution in [3.63, 3.8) is 0 Å². The molecule has 1 saturated carbocycles. The number of guanidine groups is 1. The summed E-state index contributed by atoms with van der Waals surface area (Å²) in [6, 6.07) is 11.5. The minimum absolute atomic E-state index is 0.634. The van der Waals surface area contributed by atoms with Gasteiger partial charge in [-0.05, 0) is 44.2 Å². The normalized spacial score (nSPS) is 24.0.